The molecule has 1 rings (SSSR count). The van der Waals surface area contributed by atoms with Crippen molar-refractivity contribution < 1.29 is 6.26 Å². The molecule has 1 aliphatic rings. The summed E-state index contributed by atoms with van der Waals surface area (Å²) in [4.78, 5) is 4.79. The predicted octanol–water partition coefficient (Wildman–Crippen LogP) is -0.169. The lowest BCUT2D eigenvalue weighted by atomic mass is 10.2. The monoisotopic (exact) mass is 104 g/mol. The Kier molecular flexibility index (Phi) is 1.27. The zero-order chi connectivity index (χ0) is 5.28. The molecule has 2 atom stereocenters. The van der Waals surface area contributed by atoms with Gasteiger partial charge >= 0.3 is 0 Å². The number of hydroxylamine groups is 1. The van der Waals surface area contributed by atoms with Crippen LogP contribution in [0.5, 0.6) is 0 Å². The fourth-order valence-electron chi connectivity index (χ4n) is 0.648. The molecule has 0 saturated carbocycles. The summed E-state index contributed by atoms with van der Waals surface area (Å²) in [6.45, 7) is 2.03. The van der Waals surface area contributed by atoms with Crippen molar-refractivity contribution in [3.8, 4) is 0 Å². The molecule has 1 heterocycles. The minimum atomic E-state index is -0.0880. The second-order valence-corrected chi connectivity index (χ2v) is 1.91. The Morgan fingerprint density at radius 2 is 2.71 bits per heavy atom. The number of rotatable bonds is 0. The smallest absolute Gasteiger partial charge is 0.128 e. The van der Waals surface area contributed by atoms with E-state index < -0.39 is 0 Å². The summed E-state index contributed by atoms with van der Waals surface area (Å²) >= 11 is 0. The highest BCUT2D eigenvalue weighted by atomic mass is 16.7. The van der Waals surface area contributed by atoms with Crippen LogP contribution < -0.4 is 11.2 Å². The Morgan fingerprint density at radius 1 is 2.00 bits per heavy atom. The summed E-state index contributed by atoms with van der Waals surface area (Å²) in [7, 11) is 0. The first-order chi connectivity index (χ1) is 3.29. The third-order valence-corrected chi connectivity index (χ3v) is 1.01. The Hall–Kier alpha value is -0.120. The first-order valence-corrected chi connectivity index (χ1v) is 2.46. The maximum absolute atomic E-state index is 5.34. The van der Waals surface area contributed by atoms with Crippen LogP contribution in [0.15, 0.2) is 0 Å². The van der Waals surface area contributed by atoms with E-state index in [1.807, 2.05) is 6.92 Å². The molecule has 0 bridgehead atoms. The topological polar surface area (TPSA) is 47.3 Å². The second kappa shape index (κ2) is 1.78. The molecule has 1 saturated heterocycles. The van der Waals surface area contributed by atoms with Gasteiger partial charge < -0.3 is 5.73 Å². The maximum Gasteiger partial charge on any atom is 0.128 e. The maximum atomic E-state index is 5.34. The SMILES string of the molecule is CC1CC(N)ON1.[HH]. The fourth-order valence-corrected chi connectivity index (χ4v) is 0.648. The van der Waals surface area contributed by atoms with E-state index in [0.29, 0.717) is 6.04 Å². The molecule has 0 aliphatic carbocycles. The van der Waals surface area contributed by atoms with Crippen molar-refractivity contribution in [1.29, 1.82) is 0 Å². The number of nitrogens with one attached hydrogen (secondary N) is 1. The van der Waals surface area contributed by atoms with Gasteiger partial charge in [-0.2, -0.15) is 5.48 Å². The molecule has 1 fully saturated rings. The average Bonchev–Trinajstić information content (AvgIpc) is 1.87. The summed E-state index contributed by atoms with van der Waals surface area (Å²) in [5.41, 5.74) is 8.08. The number of hydrogen-bond donors (Lipinski definition) is 2. The van der Waals surface area contributed by atoms with Crippen LogP contribution in [-0.2, 0) is 4.84 Å². The molecule has 0 radical (unpaired) electrons. The molecule has 0 aromatic heterocycles. The molecule has 0 aromatic rings. The van der Waals surface area contributed by atoms with Crippen LogP contribution in [0.1, 0.15) is 14.8 Å². The lowest BCUT2D eigenvalue weighted by molar-refractivity contribution is 0.0316. The van der Waals surface area contributed by atoms with Crippen molar-refractivity contribution in [2.75, 3.05) is 0 Å². The van der Waals surface area contributed by atoms with Gasteiger partial charge in [-0.15, -0.1) is 0 Å². The summed E-state index contributed by atoms with van der Waals surface area (Å²) in [6.07, 6.45) is 0.829. The average molecular weight is 104 g/mol. The van der Waals surface area contributed by atoms with Gasteiger partial charge in [0.25, 0.3) is 0 Å². The van der Waals surface area contributed by atoms with E-state index in [4.69, 9.17) is 10.6 Å². The van der Waals surface area contributed by atoms with Gasteiger partial charge in [0.15, 0.2) is 0 Å². The normalized spacial score (nSPS) is 42.0. The van der Waals surface area contributed by atoms with Gasteiger partial charge in [-0.25, -0.2) is 0 Å². The van der Waals surface area contributed by atoms with Gasteiger partial charge in [0.05, 0.1) is 0 Å². The molecule has 3 nitrogen and oxygen atoms in total. The van der Waals surface area contributed by atoms with Crippen LogP contribution in [0.4, 0.5) is 0 Å². The third kappa shape index (κ3) is 1.12. The van der Waals surface area contributed by atoms with Crippen LogP contribution in [0.3, 0.4) is 0 Å². The zero-order valence-corrected chi connectivity index (χ0v) is 4.35. The highest BCUT2D eigenvalue weighted by molar-refractivity contribution is 4.64. The molecular formula is C4H12N2O. The van der Waals surface area contributed by atoms with Gasteiger partial charge in [-0.3, -0.25) is 4.84 Å². The van der Waals surface area contributed by atoms with Crippen molar-refractivity contribution in [1.82, 2.24) is 5.48 Å². The summed E-state index contributed by atoms with van der Waals surface area (Å²) < 4.78 is 0. The number of hydrogen-bond acceptors (Lipinski definition) is 3. The number of nitrogens with two attached hydrogens (primary N) is 1. The van der Waals surface area contributed by atoms with Crippen molar-refractivity contribution in [2.45, 2.75) is 25.6 Å². The van der Waals surface area contributed by atoms with E-state index in [1.54, 1.807) is 0 Å². The largest absolute Gasteiger partial charge is 0.304 e. The van der Waals surface area contributed by atoms with E-state index >= 15 is 0 Å². The van der Waals surface area contributed by atoms with Crippen LogP contribution in [0, 0.1) is 0 Å². The van der Waals surface area contributed by atoms with Crippen LogP contribution in [0.2, 0.25) is 0 Å². The molecular weight excluding hydrogens is 92.1 g/mol. The fraction of sp³-hybridized carbons (Fsp3) is 1.00. The van der Waals surface area contributed by atoms with Crippen molar-refractivity contribution >= 4 is 0 Å². The van der Waals surface area contributed by atoms with Crippen LogP contribution in [-0.4, -0.2) is 12.3 Å². The van der Waals surface area contributed by atoms with Gasteiger partial charge in [-0.05, 0) is 6.92 Å². The van der Waals surface area contributed by atoms with Crippen LogP contribution >= 0.6 is 0 Å². The molecule has 1 aliphatic heterocycles. The Morgan fingerprint density at radius 3 is 2.86 bits per heavy atom. The van der Waals surface area contributed by atoms with Crippen molar-refractivity contribution in [2.24, 2.45) is 5.73 Å². The zero-order valence-electron chi connectivity index (χ0n) is 4.35. The van der Waals surface area contributed by atoms with Crippen molar-refractivity contribution in [3.05, 3.63) is 0 Å². The molecule has 3 heteroatoms. The highest BCUT2D eigenvalue weighted by Crippen LogP contribution is 2.02. The lowest BCUT2D eigenvalue weighted by Crippen LogP contribution is -2.19. The Balaban J connectivity index is 0.000000490. The lowest BCUT2D eigenvalue weighted by Gasteiger charge is -1.94. The van der Waals surface area contributed by atoms with Gasteiger partial charge in [0.2, 0.25) is 0 Å². The highest BCUT2D eigenvalue weighted by Gasteiger charge is 2.16. The molecule has 44 valence electrons. The standard InChI is InChI=1S/C4H10N2O.H2/c1-3-2-4(5)7-6-3;/h3-4,6H,2,5H2,1H3;1H. The minimum Gasteiger partial charge on any atom is -0.304 e. The molecule has 7 heavy (non-hydrogen) atoms. The van der Waals surface area contributed by atoms with E-state index in [0.717, 1.165) is 6.42 Å². The van der Waals surface area contributed by atoms with Crippen molar-refractivity contribution in [3.63, 3.8) is 0 Å². The third-order valence-electron chi connectivity index (χ3n) is 1.01. The minimum absolute atomic E-state index is 0. The Labute approximate surface area is 44.3 Å². The van der Waals surface area contributed by atoms with Gasteiger partial charge in [-0.1, -0.05) is 0 Å². The Bertz CT molecular complexity index is 63.1. The summed E-state index contributed by atoms with van der Waals surface area (Å²) in [5, 5.41) is 0. The van der Waals surface area contributed by atoms with E-state index in [2.05, 4.69) is 5.48 Å². The van der Waals surface area contributed by atoms with Gasteiger partial charge in [0.1, 0.15) is 6.23 Å². The van der Waals surface area contributed by atoms with E-state index in [9.17, 15) is 0 Å². The first kappa shape index (κ1) is 5.03. The second-order valence-electron chi connectivity index (χ2n) is 1.91. The first-order valence-electron chi connectivity index (χ1n) is 2.46. The van der Waals surface area contributed by atoms with Crippen LogP contribution in [0.25, 0.3) is 0 Å². The summed E-state index contributed by atoms with van der Waals surface area (Å²) in [6, 6.07) is 0.426. The molecule has 0 amide bonds. The molecule has 2 unspecified atom stereocenters. The van der Waals surface area contributed by atoms with E-state index in [-0.39, 0.29) is 7.65 Å². The van der Waals surface area contributed by atoms with Gasteiger partial charge in [0, 0.05) is 13.9 Å². The predicted molar refractivity (Wildman–Crippen MR) is 28.4 cm³/mol. The molecule has 0 spiro atoms. The summed E-state index contributed by atoms with van der Waals surface area (Å²) in [5.74, 6) is 0. The quantitative estimate of drug-likeness (QED) is 0.448. The molecule has 3 N–H and O–H groups in total. The van der Waals surface area contributed by atoms with E-state index in [1.165, 1.54) is 0 Å². The molecule has 0 aromatic carbocycles.